The number of benzene rings is 1. The highest BCUT2D eigenvalue weighted by Gasteiger charge is 2.19. The molecule has 0 saturated heterocycles. The molecule has 0 amide bonds. The van der Waals surface area contributed by atoms with E-state index in [1.54, 1.807) is 23.9 Å². The second kappa shape index (κ2) is 4.70. The minimum absolute atomic E-state index is 0.424. The summed E-state index contributed by atoms with van der Waals surface area (Å²) in [6.45, 7) is 0. The average Bonchev–Trinajstić information content (AvgIpc) is 2.36. The van der Waals surface area contributed by atoms with Crippen molar-refractivity contribution < 1.29 is 14.3 Å². The molecule has 1 aromatic carbocycles. The number of aryl methyl sites for hydroxylation is 1. The predicted molar refractivity (Wildman–Crippen MR) is 61.8 cm³/mol. The first-order chi connectivity index (χ1) is 7.72. The Morgan fingerprint density at radius 2 is 2.19 bits per heavy atom. The first-order valence-electron chi connectivity index (χ1n) is 5.11. The second-order valence-electron chi connectivity index (χ2n) is 3.60. The Kier molecular flexibility index (Phi) is 3.29. The Balaban J connectivity index is 2.30. The number of ether oxygens (including phenoxy) is 1. The number of ketones is 1. The van der Waals surface area contributed by atoms with Crippen LogP contribution in [0.3, 0.4) is 0 Å². The van der Waals surface area contributed by atoms with Crippen molar-refractivity contribution >= 4 is 23.5 Å². The van der Waals surface area contributed by atoms with Crippen LogP contribution in [0.2, 0.25) is 0 Å². The third-order valence-corrected chi connectivity index (χ3v) is 3.74. The Morgan fingerprint density at radius 3 is 2.94 bits per heavy atom. The molecule has 1 aliphatic heterocycles. The van der Waals surface area contributed by atoms with Gasteiger partial charge in [0.25, 0.3) is 5.78 Å². The average molecular weight is 236 g/mol. The van der Waals surface area contributed by atoms with Crippen molar-refractivity contribution in [3.63, 3.8) is 0 Å². The van der Waals surface area contributed by atoms with E-state index in [0.717, 1.165) is 24.2 Å². The van der Waals surface area contributed by atoms with Crippen LogP contribution in [0.5, 0.6) is 0 Å². The van der Waals surface area contributed by atoms with Crippen LogP contribution in [-0.4, -0.2) is 24.6 Å². The van der Waals surface area contributed by atoms with Crippen LogP contribution < -0.4 is 0 Å². The number of methoxy groups -OCH3 is 1. The fourth-order valence-corrected chi connectivity index (χ4v) is 2.73. The van der Waals surface area contributed by atoms with Gasteiger partial charge in [0, 0.05) is 10.5 Å². The Morgan fingerprint density at radius 1 is 1.38 bits per heavy atom. The van der Waals surface area contributed by atoms with E-state index in [1.165, 1.54) is 12.0 Å². The highest BCUT2D eigenvalue weighted by atomic mass is 32.2. The highest BCUT2D eigenvalue weighted by molar-refractivity contribution is 7.99. The maximum absolute atomic E-state index is 11.6. The summed E-state index contributed by atoms with van der Waals surface area (Å²) < 4.78 is 4.42. The molecule has 0 fully saturated rings. The van der Waals surface area contributed by atoms with Gasteiger partial charge in [-0.1, -0.05) is 0 Å². The van der Waals surface area contributed by atoms with Crippen molar-refractivity contribution in [3.05, 3.63) is 29.3 Å². The van der Waals surface area contributed by atoms with Crippen molar-refractivity contribution in [1.82, 2.24) is 0 Å². The number of carbonyl (C=O) groups is 2. The maximum Gasteiger partial charge on any atom is 0.379 e. The molecule has 16 heavy (non-hydrogen) atoms. The zero-order valence-electron chi connectivity index (χ0n) is 8.99. The molecule has 0 aliphatic carbocycles. The van der Waals surface area contributed by atoms with E-state index in [0.29, 0.717) is 5.56 Å². The van der Waals surface area contributed by atoms with Crippen molar-refractivity contribution in [2.75, 3.05) is 12.9 Å². The van der Waals surface area contributed by atoms with E-state index < -0.39 is 11.8 Å². The molecule has 84 valence electrons. The number of rotatable bonds is 2. The van der Waals surface area contributed by atoms with Gasteiger partial charge < -0.3 is 4.74 Å². The van der Waals surface area contributed by atoms with Gasteiger partial charge in [-0.2, -0.15) is 0 Å². The fourth-order valence-electron chi connectivity index (χ4n) is 1.71. The summed E-state index contributed by atoms with van der Waals surface area (Å²) in [5.74, 6) is -0.249. The lowest BCUT2D eigenvalue weighted by molar-refractivity contribution is -0.135. The van der Waals surface area contributed by atoms with Crippen LogP contribution in [0.1, 0.15) is 22.3 Å². The van der Waals surface area contributed by atoms with Crippen molar-refractivity contribution in [1.29, 1.82) is 0 Å². The van der Waals surface area contributed by atoms with Gasteiger partial charge in [-0.3, -0.25) is 4.79 Å². The van der Waals surface area contributed by atoms with Gasteiger partial charge in [0.1, 0.15) is 0 Å². The second-order valence-corrected chi connectivity index (χ2v) is 4.73. The molecule has 0 saturated carbocycles. The number of hydrogen-bond donors (Lipinski definition) is 0. The standard InChI is InChI=1S/C12H12O3S/c1-15-12(14)11(13)9-4-5-10-8(7-9)3-2-6-16-10/h4-5,7H,2-3,6H2,1H3. The van der Waals surface area contributed by atoms with E-state index in [9.17, 15) is 9.59 Å². The normalized spacial score (nSPS) is 14.1. The topological polar surface area (TPSA) is 43.4 Å². The predicted octanol–water partition coefficient (Wildman–Crippen LogP) is 2.08. The number of Topliss-reactive ketones (excluding diaryl/α,β-unsaturated/α-hetero) is 1. The first-order valence-corrected chi connectivity index (χ1v) is 6.09. The molecule has 2 rings (SSSR count). The summed E-state index contributed by atoms with van der Waals surface area (Å²) in [6.07, 6.45) is 2.10. The molecular formula is C12H12O3S. The number of esters is 1. The Labute approximate surface area is 98.2 Å². The van der Waals surface area contributed by atoms with Crippen molar-refractivity contribution in [2.24, 2.45) is 0 Å². The SMILES string of the molecule is COC(=O)C(=O)c1ccc2c(c1)CCCS2. The summed E-state index contributed by atoms with van der Waals surface area (Å²) >= 11 is 1.80. The van der Waals surface area contributed by atoms with Crippen LogP contribution in [-0.2, 0) is 16.0 Å². The highest BCUT2D eigenvalue weighted by Crippen LogP contribution is 2.30. The number of carbonyl (C=O) groups excluding carboxylic acids is 2. The lowest BCUT2D eigenvalue weighted by atomic mass is 10.0. The molecule has 0 aromatic heterocycles. The summed E-state index contributed by atoms with van der Waals surface area (Å²) in [6, 6.07) is 5.41. The third-order valence-electron chi connectivity index (χ3n) is 2.54. The molecule has 0 atom stereocenters. The molecule has 3 nitrogen and oxygen atoms in total. The van der Waals surface area contributed by atoms with E-state index in [4.69, 9.17) is 0 Å². The molecule has 1 heterocycles. The van der Waals surface area contributed by atoms with Crippen LogP contribution in [0.4, 0.5) is 0 Å². The third kappa shape index (κ3) is 2.11. The molecule has 0 radical (unpaired) electrons. The zero-order chi connectivity index (χ0) is 11.5. The summed E-state index contributed by atoms with van der Waals surface area (Å²) in [5.41, 5.74) is 1.58. The van der Waals surface area contributed by atoms with Gasteiger partial charge in [0.15, 0.2) is 0 Å². The largest absolute Gasteiger partial charge is 0.463 e. The van der Waals surface area contributed by atoms with Gasteiger partial charge in [-0.25, -0.2) is 4.79 Å². The van der Waals surface area contributed by atoms with Gasteiger partial charge in [0.05, 0.1) is 7.11 Å². The molecule has 1 aromatic rings. The van der Waals surface area contributed by atoms with E-state index >= 15 is 0 Å². The van der Waals surface area contributed by atoms with E-state index in [-0.39, 0.29) is 0 Å². The van der Waals surface area contributed by atoms with Gasteiger partial charge >= 0.3 is 5.97 Å². The quantitative estimate of drug-likeness (QED) is 0.448. The number of thioether (sulfide) groups is 1. The molecular weight excluding hydrogens is 224 g/mol. The number of fused-ring (bicyclic) bond motifs is 1. The maximum atomic E-state index is 11.6. The molecule has 0 spiro atoms. The molecule has 0 unspecified atom stereocenters. The van der Waals surface area contributed by atoms with Crippen LogP contribution in [0, 0.1) is 0 Å². The molecule has 4 heteroatoms. The minimum atomic E-state index is -0.802. The monoisotopic (exact) mass is 236 g/mol. The Hall–Kier alpha value is -1.29. The Bertz CT molecular complexity index is 440. The summed E-state index contributed by atoms with van der Waals surface area (Å²) in [4.78, 5) is 23.9. The van der Waals surface area contributed by atoms with Crippen molar-refractivity contribution in [2.45, 2.75) is 17.7 Å². The fraction of sp³-hybridized carbons (Fsp3) is 0.333. The summed E-state index contributed by atoms with van der Waals surface area (Å²) in [7, 11) is 1.22. The lowest BCUT2D eigenvalue weighted by Gasteiger charge is -2.15. The van der Waals surface area contributed by atoms with Crippen molar-refractivity contribution in [3.8, 4) is 0 Å². The lowest BCUT2D eigenvalue weighted by Crippen LogP contribution is -2.16. The van der Waals surface area contributed by atoms with Gasteiger partial charge in [-0.05, 0) is 42.4 Å². The van der Waals surface area contributed by atoms with Gasteiger partial charge in [-0.15, -0.1) is 11.8 Å². The first kappa shape index (κ1) is 11.2. The van der Waals surface area contributed by atoms with E-state index in [1.807, 2.05) is 6.07 Å². The van der Waals surface area contributed by atoms with Crippen LogP contribution >= 0.6 is 11.8 Å². The smallest absolute Gasteiger partial charge is 0.379 e. The van der Waals surface area contributed by atoms with Crippen LogP contribution in [0.15, 0.2) is 23.1 Å². The molecule has 1 aliphatic rings. The molecule has 0 bridgehead atoms. The zero-order valence-corrected chi connectivity index (χ0v) is 9.80. The summed E-state index contributed by atoms with van der Waals surface area (Å²) in [5, 5.41) is 0. The number of hydrogen-bond acceptors (Lipinski definition) is 4. The van der Waals surface area contributed by atoms with Gasteiger partial charge in [0.2, 0.25) is 0 Å². The molecule has 0 N–H and O–H groups in total. The van der Waals surface area contributed by atoms with Crippen LogP contribution in [0.25, 0.3) is 0 Å². The van der Waals surface area contributed by atoms with E-state index in [2.05, 4.69) is 4.74 Å². The minimum Gasteiger partial charge on any atom is -0.463 e.